The average molecular weight is 472 g/mol. The molecule has 3 heterocycles. The summed E-state index contributed by atoms with van der Waals surface area (Å²) in [4.78, 5) is 45.2. The first kappa shape index (κ1) is 22.0. The highest BCUT2D eigenvalue weighted by Gasteiger charge is 2.19. The maximum atomic E-state index is 13.2. The van der Waals surface area contributed by atoms with Crippen LogP contribution in [0.1, 0.15) is 12.3 Å². The molecule has 0 radical (unpaired) electrons. The summed E-state index contributed by atoms with van der Waals surface area (Å²) in [7, 11) is 1.27. The Balaban J connectivity index is 1.55. The molecule has 1 amide bonds. The molecule has 4 aromatic rings. The summed E-state index contributed by atoms with van der Waals surface area (Å²) in [6.45, 7) is 0. The first-order valence-electron chi connectivity index (χ1n) is 9.53. The van der Waals surface area contributed by atoms with Gasteiger partial charge in [0.1, 0.15) is 5.82 Å². The predicted molar refractivity (Wildman–Crippen MR) is 115 cm³/mol. The summed E-state index contributed by atoms with van der Waals surface area (Å²) in [5.41, 5.74) is -1.11. The van der Waals surface area contributed by atoms with E-state index in [9.17, 15) is 18.8 Å². The first-order chi connectivity index (χ1) is 15.8. The van der Waals surface area contributed by atoms with Gasteiger partial charge in [-0.05, 0) is 36.4 Å². The molecule has 1 aromatic carbocycles. The molecule has 0 aliphatic heterocycles. The fourth-order valence-corrected chi connectivity index (χ4v) is 3.00. The predicted octanol–water partition coefficient (Wildman–Crippen LogP) is 1.74. The van der Waals surface area contributed by atoms with Crippen LogP contribution in [0.2, 0.25) is 5.15 Å². The topological polar surface area (TPSA) is 138 Å². The highest BCUT2D eigenvalue weighted by molar-refractivity contribution is 6.32. The zero-order valence-electron chi connectivity index (χ0n) is 17.0. The van der Waals surface area contributed by atoms with Gasteiger partial charge in [-0.25, -0.2) is 14.2 Å². The van der Waals surface area contributed by atoms with Gasteiger partial charge in [-0.2, -0.15) is 14.8 Å². The maximum absolute atomic E-state index is 13.2. The summed E-state index contributed by atoms with van der Waals surface area (Å²) >= 11 is 5.91. The average Bonchev–Trinajstić information content (AvgIpc) is 3.27. The number of carbonyl (C=O) groups is 1. The number of halogens is 2. The van der Waals surface area contributed by atoms with Crippen molar-refractivity contribution in [1.82, 2.24) is 29.5 Å². The molecule has 0 saturated heterocycles. The third-order valence-electron chi connectivity index (χ3n) is 4.53. The minimum absolute atomic E-state index is 0.00658. The van der Waals surface area contributed by atoms with E-state index in [2.05, 4.69) is 25.5 Å². The first-order valence-corrected chi connectivity index (χ1v) is 9.91. The lowest BCUT2D eigenvalue weighted by Gasteiger charge is -2.07. The van der Waals surface area contributed by atoms with E-state index in [1.807, 2.05) is 0 Å². The largest absolute Gasteiger partial charge is 0.351 e. The highest BCUT2D eigenvalue weighted by Crippen LogP contribution is 2.18. The van der Waals surface area contributed by atoms with Crippen molar-refractivity contribution in [2.75, 3.05) is 5.32 Å². The lowest BCUT2D eigenvalue weighted by Crippen LogP contribution is -2.40. The summed E-state index contributed by atoms with van der Waals surface area (Å²) in [6.07, 6.45) is 1.57. The molecule has 1 N–H and O–H groups in total. The molecule has 11 nitrogen and oxygen atoms in total. The molecule has 0 aliphatic rings. The van der Waals surface area contributed by atoms with E-state index < -0.39 is 17.1 Å². The fraction of sp³-hybridized carbons (Fsp3) is 0.150. The summed E-state index contributed by atoms with van der Waals surface area (Å²) in [5, 5.41) is 10.6. The molecular formula is C20H15ClFN7O4. The second-order valence-corrected chi connectivity index (χ2v) is 7.14. The van der Waals surface area contributed by atoms with Crippen molar-refractivity contribution in [2.24, 2.45) is 7.05 Å². The molecule has 13 heteroatoms. The number of amides is 1. The monoisotopic (exact) mass is 471 g/mol. The van der Waals surface area contributed by atoms with Crippen molar-refractivity contribution < 1.29 is 13.7 Å². The van der Waals surface area contributed by atoms with Crippen LogP contribution in [0.5, 0.6) is 0 Å². The molecule has 0 aliphatic carbocycles. The number of benzene rings is 1. The Bertz CT molecular complexity index is 1450. The van der Waals surface area contributed by atoms with Crippen molar-refractivity contribution in [3.05, 3.63) is 80.3 Å². The Hall–Kier alpha value is -4.19. The quantitative estimate of drug-likeness (QED) is 0.420. The van der Waals surface area contributed by atoms with Gasteiger partial charge in [-0.3, -0.25) is 14.2 Å². The molecule has 0 saturated carbocycles. The van der Waals surface area contributed by atoms with E-state index in [1.165, 1.54) is 25.4 Å². The Labute approximate surface area is 189 Å². The van der Waals surface area contributed by atoms with Crippen molar-refractivity contribution >= 4 is 23.2 Å². The molecule has 4 rings (SSSR count). The minimum Gasteiger partial charge on any atom is -0.339 e. The summed E-state index contributed by atoms with van der Waals surface area (Å²) < 4.78 is 20.1. The number of nitrogens with one attached hydrogen (secondary N) is 1. The van der Waals surface area contributed by atoms with Crippen LogP contribution >= 0.6 is 11.6 Å². The van der Waals surface area contributed by atoms with Crippen LogP contribution in [0.15, 0.2) is 56.7 Å². The third-order valence-corrected chi connectivity index (χ3v) is 4.83. The number of carbonyl (C=O) groups excluding carboxylic acids is 1. The number of anilines is 1. The van der Waals surface area contributed by atoms with Gasteiger partial charge in [-0.15, -0.1) is 0 Å². The lowest BCUT2D eigenvalue weighted by atomic mass is 10.3. The van der Waals surface area contributed by atoms with Gasteiger partial charge in [0.15, 0.2) is 10.8 Å². The SMILES string of the molecule is Cn1c(=O)c(-c2noc(CCC(=O)Nc3cccnc3Cl)n2)nn(-c2ccc(F)cc2)c1=O. The van der Waals surface area contributed by atoms with Crippen LogP contribution in [0.4, 0.5) is 10.1 Å². The van der Waals surface area contributed by atoms with Gasteiger partial charge in [0.05, 0.1) is 11.4 Å². The lowest BCUT2D eigenvalue weighted by molar-refractivity contribution is -0.116. The maximum Gasteiger partial charge on any atom is 0.351 e. The molecule has 3 aromatic heterocycles. The van der Waals surface area contributed by atoms with Crippen LogP contribution in [-0.2, 0) is 18.3 Å². The molecular weight excluding hydrogens is 457 g/mol. The molecule has 0 unspecified atom stereocenters. The minimum atomic E-state index is -0.741. The number of hydrogen-bond donors (Lipinski definition) is 1. The molecule has 0 atom stereocenters. The van der Waals surface area contributed by atoms with E-state index in [-0.39, 0.29) is 47.0 Å². The third kappa shape index (κ3) is 4.70. The summed E-state index contributed by atoms with van der Waals surface area (Å²) in [6, 6.07) is 8.23. The van der Waals surface area contributed by atoms with Crippen molar-refractivity contribution in [1.29, 1.82) is 0 Å². The van der Waals surface area contributed by atoms with Crippen LogP contribution in [0.25, 0.3) is 17.2 Å². The van der Waals surface area contributed by atoms with Crippen molar-refractivity contribution in [3.63, 3.8) is 0 Å². The standard InChI is InChI=1S/C20H15ClFN7O4/c1-28-19(31)16(26-29(20(28)32)12-6-4-11(22)5-7-12)18-25-15(33-27-18)9-8-14(30)24-13-3-2-10-23-17(13)21/h2-7,10H,8-9H2,1H3,(H,24,30). The van der Waals surface area contributed by atoms with E-state index in [0.717, 1.165) is 21.4 Å². The van der Waals surface area contributed by atoms with E-state index in [1.54, 1.807) is 12.1 Å². The van der Waals surface area contributed by atoms with Gasteiger partial charge >= 0.3 is 5.69 Å². The van der Waals surface area contributed by atoms with Gasteiger partial charge < -0.3 is 9.84 Å². The number of aromatic nitrogens is 6. The zero-order chi connectivity index (χ0) is 23.5. The number of pyridine rings is 1. The molecule has 0 bridgehead atoms. The normalized spacial score (nSPS) is 10.9. The van der Waals surface area contributed by atoms with Gasteiger partial charge in [0.2, 0.25) is 17.6 Å². The smallest absolute Gasteiger partial charge is 0.339 e. The van der Waals surface area contributed by atoms with E-state index in [0.29, 0.717) is 5.69 Å². The Morgan fingerprint density at radius 3 is 2.70 bits per heavy atom. The molecule has 0 spiro atoms. The molecule has 33 heavy (non-hydrogen) atoms. The second-order valence-electron chi connectivity index (χ2n) is 6.79. The van der Waals surface area contributed by atoms with Crippen molar-refractivity contribution in [3.8, 4) is 17.2 Å². The van der Waals surface area contributed by atoms with Gasteiger partial charge in [0, 0.05) is 26.1 Å². The van der Waals surface area contributed by atoms with Crippen LogP contribution in [0.3, 0.4) is 0 Å². The fourth-order valence-electron chi connectivity index (χ4n) is 2.83. The highest BCUT2D eigenvalue weighted by atomic mass is 35.5. The molecule has 0 fully saturated rings. The van der Waals surface area contributed by atoms with Crippen LogP contribution in [-0.4, -0.2) is 35.4 Å². The Kier molecular flexibility index (Phi) is 6.09. The van der Waals surface area contributed by atoms with E-state index in [4.69, 9.17) is 16.1 Å². The Morgan fingerprint density at radius 1 is 1.21 bits per heavy atom. The number of aryl methyl sites for hydroxylation is 1. The van der Waals surface area contributed by atoms with Gasteiger partial charge in [0.25, 0.3) is 5.56 Å². The number of hydrogen-bond acceptors (Lipinski definition) is 8. The number of rotatable bonds is 6. The van der Waals surface area contributed by atoms with Gasteiger partial charge in [-0.1, -0.05) is 16.8 Å². The van der Waals surface area contributed by atoms with Crippen LogP contribution in [0, 0.1) is 5.82 Å². The van der Waals surface area contributed by atoms with Crippen LogP contribution < -0.4 is 16.6 Å². The van der Waals surface area contributed by atoms with Crippen molar-refractivity contribution in [2.45, 2.75) is 12.8 Å². The zero-order valence-corrected chi connectivity index (χ0v) is 17.8. The second kappa shape index (κ2) is 9.12. The number of nitrogens with zero attached hydrogens (tertiary/aromatic N) is 6. The Morgan fingerprint density at radius 2 is 1.97 bits per heavy atom. The summed E-state index contributed by atoms with van der Waals surface area (Å²) in [5.74, 6) is -0.920. The van der Waals surface area contributed by atoms with E-state index >= 15 is 0 Å². The molecule has 168 valence electrons.